The highest BCUT2D eigenvalue weighted by Crippen LogP contribution is 2.61. The van der Waals surface area contributed by atoms with Crippen LogP contribution in [0.25, 0.3) is 10.9 Å². The van der Waals surface area contributed by atoms with Crippen LogP contribution in [0.4, 0.5) is 28.0 Å². The molecule has 1 aliphatic carbocycles. The van der Waals surface area contributed by atoms with Crippen molar-refractivity contribution in [3.05, 3.63) is 58.8 Å². The number of piperidine rings is 1. The highest BCUT2D eigenvalue weighted by molar-refractivity contribution is 5.95. The molecule has 2 saturated heterocycles. The third-order valence-electron chi connectivity index (χ3n) is 9.66. The molecular weight excluding hydrogens is 618 g/mol. The first-order valence-electron chi connectivity index (χ1n) is 15.8. The second-order valence-electron chi connectivity index (χ2n) is 14.4. The summed E-state index contributed by atoms with van der Waals surface area (Å²) in [5, 5.41) is 0.783. The van der Waals surface area contributed by atoms with Gasteiger partial charge in [-0.3, -0.25) is 9.47 Å². The average Bonchev–Trinajstić information content (AvgIpc) is 3.42. The van der Waals surface area contributed by atoms with E-state index in [1.54, 1.807) is 52.3 Å². The minimum absolute atomic E-state index is 0.221. The van der Waals surface area contributed by atoms with Gasteiger partial charge in [0.05, 0.1) is 38.4 Å². The maximum Gasteiger partial charge on any atom is 0.419 e. The largest absolute Gasteiger partial charge is 0.496 e. The van der Waals surface area contributed by atoms with Gasteiger partial charge in [0.25, 0.3) is 5.92 Å². The molecule has 1 atom stereocenters. The predicted octanol–water partition coefficient (Wildman–Crippen LogP) is 7.74. The Balaban J connectivity index is 1.43. The van der Waals surface area contributed by atoms with Gasteiger partial charge in [0.2, 0.25) is 5.92 Å². The summed E-state index contributed by atoms with van der Waals surface area (Å²) in [6.45, 7) is 7.07. The first kappa shape index (κ1) is 33.1. The van der Waals surface area contributed by atoms with Crippen LogP contribution >= 0.6 is 0 Å². The molecule has 6 rings (SSSR count). The molecular formula is C35H41F4N3O5. The molecule has 254 valence electrons. The number of carbonyl (C=O) groups is 2. The summed E-state index contributed by atoms with van der Waals surface area (Å²) in [5.41, 5.74) is 2.37. The van der Waals surface area contributed by atoms with Gasteiger partial charge in [-0.05, 0) is 87.9 Å². The van der Waals surface area contributed by atoms with Crippen LogP contribution in [-0.2, 0) is 16.0 Å². The number of fused-ring (bicyclic) bond motifs is 1. The fourth-order valence-corrected chi connectivity index (χ4v) is 7.64. The smallest absolute Gasteiger partial charge is 0.419 e. The van der Waals surface area contributed by atoms with Crippen molar-refractivity contribution < 1.29 is 41.4 Å². The van der Waals surface area contributed by atoms with E-state index in [1.807, 2.05) is 19.1 Å². The molecule has 3 aliphatic rings. The minimum Gasteiger partial charge on any atom is -0.496 e. The third-order valence-corrected chi connectivity index (χ3v) is 9.66. The summed E-state index contributed by atoms with van der Waals surface area (Å²) in [7, 11) is 2.82. The summed E-state index contributed by atoms with van der Waals surface area (Å²) in [6.07, 6.45) is 1.65. The van der Waals surface area contributed by atoms with E-state index in [-0.39, 0.29) is 18.4 Å². The van der Waals surface area contributed by atoms with Crippen LogP contribution in [0.15, 0.2) is 36.5 Å². The lowest BCUT2D eigenvalue weighted by molar-refractivity contribution is -0.186. The number of likely N-dealkylation sites (tertiary alicyclic amines) is 1. The van der Waals surface area contributed by atoms with Crippen molar-refractivity contribution in [2.24, 2.45) is 5.41 Å². The second kappa shape index (κ2) is 11.4. The highest BCUT2D eigenvalue weighted by atomic mass is 19.3. The lowest BCUT2D eigenvalue weighted by Gasteiger charge is -2.55. The summed E-state index contributed by atoms with van der Waals surface area (Å²) >= 11 is 0. The Labute approximate surface area is 271 Å². The number of anilines is 1. The minimum atomic E-state index is -2.87. The van der Waals surface area contributed by atoms with E-state index >= 15 is 0 Å². The zero-order chi connectivity index (χ0) is 34.1. The van der Waals surface area contributed by atoms with Gasteiger partial charge in [0.1, 0.15) is 11.4 Å². The topological polar surface area (TPSA) is 73.2 Å². The quantitative estimate of drug-likeness (QED) is 0.198. The van der Waals surface area contributed by atoms with Gasteiger partial charge in [-0.15, -0.1) is 0 Å². The molecule has 3 heterocycles. The average molecular weight is 660 g/mol. The number of methoxy groups -OCH3 is 2. The molecule has 3 fully saturated rings. The van der Waals surface area contributed by atoms with Crippen molar-refractivity contribution in [1.29, 1.82) is 0 Å². The predicted molar refractivity (Wildman–Crippen MR) is 169 cm³/mol. The van der Waals surface area contributed by atoms with Crippen LogP contribution in [0.1, 0.15) is 79.5 Å². The zero-order valence-electron chi connectivity index (χ0n) is 27.6. The number of hydrogen-bond donors (Lipinski definition) is 0. The first-order chi connectivity index (χ1) is 21.9. The molecule has 47 heavy (non-hydrogen) atoms. The number of alkyl halides is 4. The normalized spacial score (nSPS) is 21.7. The lowest BCUT2D eigenvalue weighted by atomic mass is 9.58. The van der Waals surface area contributed by atoms with Crippen molar-refractivity contribution in [3.63, 3.8) is 0 Å². The molecule has 2 aliphatic heterocycles. The Morgan fingerprint density at radius 3 is 2.30 bits per heavy atom. The van der Waals surface area contributed by atoms with E-state index in [4.69, 9.17) is 14.2 Å². The third kappa shape index (κ3) is 6.28. The van der Waals surface area contributed by atoms with E-state index in [0.717, 1.165) is 16.5 Å². The monoisotopic (exact) mass is 659 g/mol. The Hall–Kier alpha value is -3.80. The van der Waals surface area contributed by atoms with Crippen molar-refractivity contribution in [2.75, 3.05) is 38.8 Å². The van der Waals surface area contributed by atoms with Crippen molar-refractivity contribution in [2.45, 2.75) is 83.4 Å². The van der Waals surface area contributed by atoms with Crippen molar-refractivity contribution in [3.8, 4) is 5.75 Å². The number of aromatic nitrogens is 1. The number of benzene rings is 2. The van der Waals surface area contributed by atoms with Crippen LogP contribution in [-0.4, -0.2) is 72.8 Å². The van der Waals surface area contributed by atoms with E-state index in [1.165, 1.54) is 16.6 Å². The van der Waals surface area contributed by atoms with Crippen LogP contribution in [0.5, 0.6) is 5.75 Å². The first-order valence-corrected chi connectivity index (χ1v) is 15.8. The second-order valence-corrected chi connectivity index (χ2v) is 14.4. The maximum absolute atomic E-state index is 14.3. The molecule has 0 unspecified atom stereocenters. The molecule has 8 nitrogen and oxygen atoms in total. The summed E-state index contributed by atoms with van der Waals surface area (Å²) in [6, 6.07) is 8.19. The molecule has 0 amide bonds. The van der Waals surface area contributed by atoms with Crippen LogP contribution in [0.2, 0.25) is 0 Å². The number of halogens is 4. The maximum atomic E-state index is 14.3. The van der Waals surface area contributed by atoms with Gasteiger partial charge >= 0.3 is 12.1 Å². The molecule has 0 bridgehead atoms. The number of aryl methyl sites for hydroxylation is 1. The van der Waals surface area contributed by atoms with Gasteiger partial charge in [0, 0.05) is 48.3 Å². The number of carbonyl (C=O) groups excluding carboxylic acids is 2. The standard InChI is InChI=1S/C35H41F4N3O5/c1-21-13-28(45-5)25(23-9-11-42(29(21)23)31(44)47-32(2,3)4)16-40-12-10-33(17-34(36,37)18-33)15-27(40)24-8-7-22(30(43)46-6)14-26(24)41-19-35(38,39)20-41/h7-9,11,13-14,27H,10,12,15-20H2,1-6H3/t27-/m1/s1. The van der Waals surface area contributed by atoms with E-state index in [2.05, 4.69) is 4.90 Å². The van der Waals surface area contributed by atoms with Crippen molar-refractivity contribution >= 4 is 28.7 Å². The zero-order valence-corrected chi connectivity index (χ0v) is 27.6. The molecule has 12 heteroatoms. The SMILES string of the molecule is COC(=O)c1ccc([C@H]2CC3(CCN2Cc2c(OC)cc(C)c4c2ccn4C(=O)OC(C)(C)C)CC(F)(F)C3)c(N2CC(F)(F)C2)c1. The van der Waals surface area contributed by atoms with Crippen molar-refractivity contribution in [1.82, 2.24) is 9.47 Å². The van der Waals surface area contributed by atoms with Crippen LogP contribution < -0.4 is 9.64 Å². The van der Waals surface area contributed by atoms with Crippen LogP contribution in [0, 0.1) is 12.3 Å². The Morgan fingerprint density at radius 2 is 1.70 bits per heavy atom. The number of ether oxygens (including phenoxy) is 3. The number of hydrogen-bond acceptors (Lipinski definition) is 7. The highest BCUT2D eigenvalue weighted by Gasteiger charge is 2.59. The van der Waals surface area contributed by atoms with Crippen LogP contribution in [0.3, 0.4) is 0 Å². The molecule has 2 aromatic carbocycles. The van der Waals surface area contributed by atoms with Gasteiger partial charge in [-0.25, -0.2) is 27.2 Å². The fraction of sp³-hybridized carbons (Fsp3) is 0.543. The lowest BCUT2D eigenvalue weighted by Crippen LogP contribution is -2.57. The molecule has 1 spiro atoms. The van der Waals surface area contributed by atoms with Gasteiger partial charge in [-0.2, -0.15) is 0 Å². The summed E-state index contributed by atoms with van der Waals surface area (Å²) in [5.74, 6) is -5.60. The Bertz CT molecular complexity index is 1710. The number of nitrogens with zero attached hydrogens (tertiary/aromatic N) is 3. The van der Waals surface area contributed by atoms with Gasteiger partial charge in [-0.1, -0.05) is 6.07 Å². The Morgan fingerprint density at radius 1 is 1.00 bits per heavy atom. The number of esters is 1. The van der Waals surface area contributed by atoms with E-state index in [0.29, 0.717) is 48.4 Å². The van der Waals surface area contributed by atoms with E-state index in [9.17, 15) is 27.2 Å². The van der Waals surface area contributed by atoms with E-state index < -0.39 is 54.1 Å². The van der Waals surface area contributed by atoms with Gasteiger partial charge < -0.3 is 19.1 Å². The summed E-state index contributed by atoms with van der Waals surface area (Å²) < 4.78 is 74.9. The summed E-state index contributed by atoms with van der Waals surface area (Å²) in [4.78, 5) is 29.3. The molecule has 0 radical (unpaired) electrons. The molecule has 3 aromatic rings. The van der Waals surface area contributed by atoms with Gasteiger partial charge in [0.15, 0.2) is 0 Å². The molecule has 1 aromatic heterocycles. The molecule has 0 N–H and O–H groups in total. The molecule has 1 saturated carbocycles. The number of rotatable bonds is 6. The fourth-order valence-electron chi connectivity index (χ4n) is 7.64. The Kier molecular flexibility index (Phi) is 8.05.